The summed E-state index contributed by atoms with van der Waals surface area (Å²) in [6.07, 6.45) is 4.58. The molecule has 1 atom stereocenters. The van der Waals surface area contributed by atoms with Gasteiger partial charge in [0, 0.05) is 38.3 Å². The van der Waals surface area contributed by atoms with Crippen LogP contribution in [0.1, 0.15) is 11.1 Å². The molecule has 1 aromatic rings. The van der Waals surface area contributed by atoms with Crippen LogP contribution in [0.2, 0.25) is 0 Å². The van der Waals surface area contributed by atoms with Crippen molar-refractivity contribution in [1.82, 2.24) is 10.2 Å². The quantitative estimate of drug-likeness (QED) is 0.836. The van der Waals surface area contributed by atoms with Crippen LogP contribution in [0, 0.1) is 0 Å². The van der Waals surface area contributed by atoms with Gasteiger partial charge in [-0.15, -0.1) is 0 Å². The van der Waals surface area contributed by atoms with E-state index in [1.54, 1.807) is 0 Å². The van der Waals surface area contributed by atoms with E-state index in [1.165, 1.54) is 29.7 Å². The number of rotatable bonds is 5. The molecule has 24 heavy (non-hydrogen) atoms. The third-order valence-electron chi connectivity index (χ3n) is 4.06. The van der Waals surface area contributed by atoms with Crippen molar-refractivity contribution in [1.29, 1.82) is 0 Å². The van der Waals surface area contributed by atoms with Crippen molar-refractivity contribution < 1.29 is 9.90 Å². The van der Waals surface area contributed by atoms with Crippen molar-refractivity contribution in [3.8, 4) is 0 Å². The summed E-state index contributed by atoms with van der Waals surface area (Å²) in [6.45, 7) is 2.47. The first kappa shape index (κ1) is 16.3. The van der Waals surface area contributed by atoms with Gasteiger partial charge in [-0.2, -0.15) is 0 Å². The number of nitrogens with zero attached hydrogens (tertiary/aromatic N) is 3. The first-order valence-electron chi connectivity index (χ1n) is 7.98. The van der Waals surface area contributed by atoms with Crippen LogP contribution in [0.15, 0.2) is 52.2 Å². The standard InChI is InChI=1S/C18H20N4O2/c23-17(11-21-18(24)16-9-19-6-7-20-10-16)13-22-8-5-14-3-1-2-4-15(14)12-22/h1-4,6,9-10,17,23H,5,8,11-13H2,(H,21,24)/t17-/m0/s1. The molecule has 2 aliphatic heterocycles. The highest BCUT2D eigenvalue weighted by Crippen LogP contribution is 2.18. The van der Waals surface area contributed by atoms with Crippen LogP contribution < -0.4 is 5.32 Å². The Hall–Kier alpha value is -2.53. The number of β-amino-alcohol motifs (C(OH)–C–C–N with tert-alkyl or cyclic N) is 1. The smallest absolute Gasteiger partial charge is 0.254 e. The van der Waals surface area contributed by atoms with Crippen molar-refractivity contribution in [2.24, 2.45) is 9.98 Å². The van der Waals surface area contributed by atoms with E-state index in [0.29, 0.717) is 12.1 Å². The third kappa shape index (κ3) is 4.26. The van der Waals surface area contributed by atoms with Crippen LogP contribution >= 0.6 is 0 Å². The SMILES string of the molecule is O=C(NC[C@H](O)CN1CCc2ccccc2C1)C1=CN=C=CN=C1. The molecule has 1 aromatic carbocycles. The number of hydrogen-bond donors (Lipinski definition) is 2. The lowest BCUT2D eigenvalue weighted by Crippen LogP contribution is -2.42. The molecule has 0 spiro atoms. The zero-order valence-corrected chi connectivity index (χ0v) is 13.4. The number of aliphatic hydroxyl groups excluding tert-OH is 1. The molecule has 3 rings (SSSR count). The highest BCUT2D eigenvalue weighted by Gasteiger charge is 2.19. The van der Waals surface area contributed by atoms with Crippen molar-refractivity contribution in [2.75, 3.05) is 19.6 Å². The summed E-state index contributed by atoms with van der Waals surface area (Å²) in [7, 11) is 0. The van der Waals surface area contributed by atoms with E-state index in [4.69, 9.17) is 0 Å². The number of aliphatic imine (C=N–C) groups is 2. The Morgan fingerprint density at radius 1 is 1.38 bits per heavy atom. The van der Waals surface area contributed by atoms with E-state index in [-0.39, 0.29) is 12.5 Å². The summed E-state index contributed by atoms with van der Waals surface area (Å²) < 4.78 is 0. The number of carbonyl (C=O) groups is 1. The van der Waals surface area contributed by atoms with Gasteiger partial charge in [-0.1, -0.05) is 24.3 Å². The van der Waals surface area contributed by atoms with Crippen molar-refractivity contribution in [3.63, 3.8) is 0 Å². The molecule has 0 bridgehead atoms. The van der Waals surface area contributed by atoms with Gasteiger partial charge < -0.3 is 10.4 Å². The maximum atomic E-state index is 12.0. The second-order valence-electron chi connectivity index (χ2n) is 5.87. The number of hydrogen-bond acceptors (Lipinski definition) is 5. The summed E-state index contributed by atoms with van der Waals surface area (Å²) in [5.41, 5.74) is 3.03. The average Bonchev–Trinajstić information content (AvgIpc) is 2.89. The second-order valence-corrected chi connectivity index (χ2v) is 5.87. The van der Waals surface area contributed by atoms with Gasteiger partial charge in [0.25, 0.3) is 5.91 Å². The molecule has 6 heteroatoms. The fourth-order valence-corrected chi connectivity index (χ4v) is 2.83. The normalized spacial score (nSPS) is 17.8. The number of carbonyl (C=O) groups excluding carboxylic acids is 1. The molecule has 0 aliphatic carbocycles. The van der Waals surface area contributed by atoms with Gasteiger partial charge >= 0.3 is 0 Å². The lowest BCUT2D eigenvalue weighted by molar-refractivity contribution is -0.117. The first-order valence-corrected chi connectivity index (χ1v) is 7.98. The predicted molar refractivity (Wildman–Crippen MR) is 93.0 cm³/mol. The van der Waals surface area contributed by atoms with Crippen molar-refractivity contribution in [3.05, 3.63) is 53.4 Å². The Labute approximate surface area is 140 Å². The van der Waals surface area contributed by atoms with E-state index in [9.17, 15) is 9.90 Å². The van der Waals surface area contributed by atoms with Gasteiger partial charge in [-0.3, -0.25) is 14.7 Å². The van der Waals surface area contributed by atoms with Gasteiger partial charge in [0.1, 0.15) is 0 Å². The molecule has 0 saturated heterocycles. The van der Waals surface area contributed by atoms with Gasteiger partial charge in [0.2, 0.25) is 0 Å². The topological polar surface area (TPSA) is 77.3 Å². The molecular weight excluding hydrogens is 304 g/mol. The van der Waals surface area contributed by atoms with Crippen molar-refractivity contribution in [2.45, 2.75) is 19.1 Å². The molecule has 0 fully saturated rings. The minimum atomic E-state index is -0.621. The number of amides is 1. The molecule has 0 saturated carbocycles. The molecule has 2 N–H and O–H groups in total. The highest BCUT2D eigenvalue weighted by molar-refractivity contribution is 6.12. The Morgan fingerprint density at radius 3 is 3.08 bits per heavy atom. The van der Waals surface area contributed by atoms with Gasteiger partial charge in [-0.25, -0.2) is 4.99 Å². The molecule has 0 unspecified atom stereocenters. The van der Waals surface area contributed by atoms with Crippen molar-refractivity contribution >= 4 is 18.0 Å². The molecule has 2 heterocycles. The highest BCUT2D eigenvalue weighted by atomic mass is 16.3. The summed E-state index contributed by atoms with van der Waals surface area (Å²) in [5.74, 6) is 2.25. The molecule has 6 nitrogen and oxygen atoms in total. The number of nitrogens with one attached hydrogen (secondary N) is 1. The van der Waals surface area contributed by atoms with Crippen LogP contribution in [-0.4, -0.2) is 53.7 Å². The van der Waals surface area contributed by atoms with Crippen LogP contribution in [0.25, 0.3) is 0 Å². The molecule has 124 valence electrons. The fraction of sp³-hybridized carbons (Fsp3) is 0.333. The van der Waals surface area contributed by atoms with Crippen LogP contribution in [0.5, 0.6) is 0 Å². The summed E-state index contributed by atoms with van der Waals surface area (Å²) in [6, 6.07) is 8.38. The largest absolute Gasteiger partial charge is 0.390 e. The van der Waals surface area contributed by atoms with E-state index in [0.717, 1.165) is 19.5 Å². The van der Waals surface area contributed by atoms with Gasteiger partial charge in [0.05, 0.1) is 24.1 Å². The summed E-state index contributed by atoms with van der Waals surface area (Å²) in [4.78, 5) is 21.9. The number of benzene rings is 1. The molecule has 0 aromatic heterocycles. The molecule has 0 radical (unpaired) electrons. The van der Waals surface area contributed by atoms with Crippen LogP contribution in [0.3, 0.4) is 0 Å². The number of fused-ring (bicyclic) bond motifs is 1. The first-order chi connectivity index (χ1) is 11.7. The monoisotopic (exact) mass is 324 g/mol. The second kappa shape index (κ2) is 7.84. The van der Waals surface area contributed by atoms with E-state index >= 15 is 0 Å². The van der Waals surface area contributed by atoms with E-state index < -0.39 is 6.10 Å². The van der Waals surface area contributed by atoms with Crippen LogP contribution in [0.4, 0.5) is 0 Å². The maximum absolute atomic E-state index is 12.0. The van der Waals surface area contributed by atoms with E-state index in [2.05, 4.69) is 44.3 Å². The van der Waals surface area contributed by atoms with Gasteiger partial charge in [-0.05, 0) is 17.5 Å². The summed E-state index contributed by atoms with van der Waals surface area (Å²) >= 11 is 0. The third-order valence-corrected chi connectivity index (χ3v) is 4.06. The Balaban J connectivity index is 1.46. The maximum Gasteiger partial charge on any atom is 0.254 e. The lowest BCUT2D eigenvalue weighted by atomic mass is 10.00. The lowest BCUT2D eigenvalue weighted by Gasteiger charge is -2.30. The Kier molecular flexibility index (Phi) is 5.33. The summed E-state index contributed by atoms with van der Waals surface area (Å²) in [5, 5.41) is 12.9. The molecule has 1 amide bonds. The fourth-order valence-electron chi connectivity index (χ4n) is 2.83. The average molecular weight is 324 g/mol. The zero-order chi connectivity index (χ0) is 16.8. The zero-order valence-electron chi connectivity index (χ0n) is 13.4. The van der Waals surface area contributed by atoms with E-state index in [1.807, 2.05) is 6.07 Å². The predicted octanol–water partition coefficient (Wildman–Crippen LogP) is 0.674. The molecule has 2 aliphatic rings. The van der Waals surface area contributed by atoms with Gasteiger partial charge in [0.15, 0.2) is 0 Å². The Bertz CT molecular complexity index is 732. The number of aliphatic hydroxyl groups is 1. The molecular formula is C18H20N4O2. The Morgan fingerprint density at radius 2 is 2.21 bits per heavy atom. The van der Waals surface area contributed by atoms with Crippen LogP contribution in [-0.2, 0) is 17.8 Å². The minimum absolute atomic E-state index is 0.194. The minimum Gasteiger partial charge on any atom is -0.390 e.